The van der Waals surface area contributed by atoms with E-state index < -0.39 is 10.0 Å². The smallest absolute Gasteiger partial charge is 0.240 e. The monoisotopic (exact) mass is 292 g/mol. The fraction of sp³-hybridized carbons (Fsp3) is 0.333. The molecule has 84 valence electrons. The first kappa shape index (κ1) is 12.6. The van der Waals surface area contributed by atoms with Gasteiger partial charge in [-0.3, -0.25) is 0 Å². The third-order valence-corrected chi connectivity index (χ3v) is 3.66. The molecule has 0 spiro atoms. The molecule has 1 aromatic carbocycles. The first-order valence-corrected chi connectivity index (χ1v) is 6.70. The molecule has 1 rings (SSSR count). The van der Waals surface area contributed by atoms with Crippen molar-refractivity contribution >= 4 is 26.0 Å². The van der Waals surface area contributed by atoms with Crippen molar-refractivity contribution in [3.63, 3.8) is 0 Å². The van der Waals surface area contributed by atoms with Gasteiger partial charge in [0.05, 0.1) is 4.90 Å². The first-order chi connectivity index (χ1) is 6.95. The Morgan fingerprint density at radius 3 is 2.60 bits per heavy atom. The molecule has 15 heavy (non-hydrogen) atoms. The standard InChI is InChI=1S/C9H13BrN2O2S/c1-7-4-8(10)6-9(5-7)15(13,14)12-3-2-11/h4-6,12H,2-3,11H2,1H3. The summed E-state index contributed by atoms with van der Waals surface area (Å²) in [4.78, 5) is 0.253. The van der Waals surface area contributed by atoms with Crippen LogP contribution in [-0.4, -0.2) is 21.5 Å². The molecule has 1 aromatic rings. The van der Waals surface area contributed by atoms with Gasteiger partial charge < -0.3 is 5.73 Å². The van der Waals surface area contributed by atoms with Gasteiger partial charge in [-0.25, -0.2) is 13.1 Å². The fourth-order valence-electron chi connectivity index (χ4n) is 1.13. The van der Waals surface area contributed by atoms with E-state index in [0.717, 1.165) is 10.0 Å². The van der Waals surface area contributed by atoms with Gasteiger partial charge in [0.15, 0.2) is 0 Å². The van der Waals surface area contributed by atoms with E-state index in [2.05, 4.69) is 20.7 Å². The quantitative estimate of drug-likeness (QED) is 0.869. The van der Waals surface area contributed by atoms with E-state index in [0.29, 0.717) is 0 Å². The summed E-state index contributed by atoms with van der Waals surface area (Å²) >= 11 is 3.26. The molecule has 0 saturated heterocycles. The highest BCUT2D eigenvalue weighted by atomic mass is 79.9. The van der Waals surface area contributed by atoms with Crippen LogP contribution in [0.3, 0.4) is 0 Å². The molecule has 0 amide bonds. The Kier molecular flexibility index (Phi) is 4.27. The summed E-state index contributed by atoms with van der Waals surface area (Å²) in [5.41, 5.74) is 6.12. The Hall–Kier alpha value is -0.430. The number of rotatable bonds is 4. The van der Waals surface area contributed by atoms with E-state index in [-0.39, 0.29) is 18.0 Å². The van der Waals surface area contributed by atoms with Crippen LogP contribution in [-0.2, 0) is 10.0 Å². The van der Waals surface area contributed by atoms with Crippen molar-refractivity contribution < 1.29 is 8.42 Å². The summed E-state index contributed by atoms with van der Waals surface area (Å²) in [6.45, 7) is 2.37. The highest BCUT2D eigenvalue weighted by molar-refractivity contribution is 9.10. The number of sulfonamides is 1. The lowest BCUT2D eigenvalue weighted by Gasteiger charge is -2.06. The van der Waals surface area contributed by atoms with Crippen LogP contribution in [0.5, 0.6) is 0 Å². The van der Waals surface area contributed by atoms with Gasteiger partial charge >= 0.3 is 0 Å². The molecule has 0 aliphatic carbocycles. The van der Waals surface area contributed by atoms with Gasteiger partial charge in [-0.15, -0.1) is 0 Å². The summed E-state index contributed by atoms with van der Waals surface area (Å²) in [5, 5.41) is 0. The van der Waals surface area contributed by atoms with E-state index in [1.54, 1.807) is 12.1 Å². The molecule has 0 aliphatic heterocycles. The zero-order valence-electron chi connectivity index (χ0n) is 8.33. The fourth-order valence-corrected chi connectivity index (χ4v) is 3.07. The lowest BCUT2D eigenvalue weighted by molar-refractivity contribution is 0.582. The molecule has 0 fully saturated rings. The average Bonchev–Trinajstić information content (AvgIpc) is 2.13. The molecule has 0 atom stereocenters. The molecular weight excluding hydrogens is 280 g/mol. The van der Waals surface area contributed by atoms with E-state index in [1.165, 1.54) is 0 Å². The predicted octanol–water partition coefficient (Wildman–Crippen LogP) is 0.995. The zero-order valence-corrected chi connectivity index (χ0v) is 10.7. The lowest BCUT2D eigenvalue weighted by atomic mass is 10.2. The van der Waals surface area contributed by atoms with Crippen molar-refractivity contribution in [2.75, 3.05) is 13.1 Å². The van der Waals surface area contributed by atoms with E-state index in [4.69, 9.17) is 5.73 Å². The lowest BCUT2D eigenvalue weighted by Crippen LogP contribution is -2.29. The highest BCUT2D eigenvalue weighted by Gasteiger charge is 2.13. The summed E-state index contributed by atoms with van der Waals surface area (Å²) < 4.78 is 26.6. The van der Waals surface area contributed by atoms with Crippen molar-refractivity contribution in [1.29, 1.82) is 0 Å². The summed E-state index contributed by atoms with van der Waals surface area (Å²) in [7, 11) is -3.43. The molecule has 0 aliphatic rings. The Morgan fingerprint density at radius 1 is 1.40 bits per heavy atom. The molecule has 0 aromatic heterocycles. The average molecular weight is 293 g/mol. The van der Waals surface area contributed by atoms with Gasteiger partial charge in [-0.05, 0) is 30.7 Å². The second kappa shape index (κ2) is 5.07. The van der Waals surface area contributed by atoms with Crippen LogP contribution in [0, 0.1) is 6.92 Å². The second-order valence-electron chi connectivity index (χ2n) is 3.15. The van der Waals surface area contributed by atoms with Crippen molar-refractivity contribution in [3.05, 3.63) is 28.2 Å². The molecule has 0 heterocycles. The number of hydrogen-bond acceptors (Lipinski definition) is 3. The van der Waals surface area contributed by atoms with Crippen LogP contribution in [0.25, 0.3) is 0 Å². The van der Waals surface area contributed by atoms with Crippen LogP contribution in [0.15, 0.2) is 27.6 Å². The molecule has 0 radical (unpaired) electrons. The summed E-state index contributed by atoms with van der Waals surface area (Å²) in [5.74, 6) is 0. The van der Waals surface area contributed by atoms with Gasteiger partial charge in [0.2, 0.25) is 10.0 Å². The van der Waals surface area contributed by atoms with Crippen molar-refractivity contribution in [2.24, 2.45) is 5.73 Å². The molecule has 0 bridgehead atoms. The van der Waals surface area contributed by atoms with Crippen molar-refractivity contribution in [2.45, 2.75) is 11.8 Å². The number of hydrogen-bond donors (Lipinski definition) is 2. The normalized spacial score (nSPS) is 11.7. The van der Waals surface area contributed by atoms with E-state index in [9.17, 15) is 8.42 Å². The second-order valence-corrected chi connectivity index (χ2v) is 5.83. The third kappa shape index (κ3) is 3.57. The van der Waals surface area contributed by atoms with Crippen molar-refractivity contribution in [1.82, 2.24) is 4.72 Å². The largest absolute Gasteiger partial charge is 0.329 e. The van der Waals surface area contributed by atoms with Crippen LogP contribution in [0.4, 0.5) is 0 Å². The minimum absolute atomic E-state index is 0.244. The molecular formula is C9H13BrN2O2S. The van der Waals surface area contributed by atoms with E-state index >= 15 is 0 Å². The van der Waals surface area contributed by atoms with Crippen molar-refractivity contribution in [3.8, 4) is 0 Å². The minimum atomic E-state index is -3.43. The first-order valence-electron chi connectivity index (χ1n) is 4.42. The Bertz CT molecular complexity index is 425. The molecule has 0 unspecified atom stereocenters. The van der Waals surface area contributed by atoms with Gasteiger partial charge in [-0.2, -0.15) is 0 Å². The maximum absolute atomic E-state index is 11.7. The SMILES string of the molecule is Cc1cc(Br)cc(S(=O)(=O)NCCN)c1. The maximum Gasteiger partial charge on any atom is 0.240 e. The number of benzene rings is 1. The zero-order chi connectivity index (χ0) is 11.5. The van der Waals surface area contributed by atoms with Crippen LogP contribution in [0.2, 0.25) is 0 Å². The van der Waals surface area contributed by atoms with Gasteiger partial charge in [0, 0.05) is 17.6 Å². The molecule has 6 heteroatoms. The summed E-state index contributed by atoms with van der Waals surface area (Å²) in [6, 6.07) is 5.03. The minimum Gasteiger partial charge on any atom is -0.329 e. The molecule has 3 N–H and O–H groups in total. The number of halogens is 1. The highest BCUT2D eigenvalue weighted by Crippen LogP contribution is 2.18. The van der Waals surface area contributed by atoms with Crippen LogP contribution < -0.4 is 10.5 Å². The van der Waals surface area contributed by atoms with Crippen LogP contribution >= 0.6 is 15.9 Å². The topological polar surface area (TPSA) is 72.2 Å². The Labute approximate surface area is 98.0 Å². The maximum atomic E-state index is 11.7. The number of nitrogens with one attached hydrogen (secondary N) is 1. The third-order valence-electron chi connectivity index (χ3n) is 1.76. The van der Waals surface area contributed by atoms with Crippen LogP contribution in [0.1, 0.15) is 5.56 Å². The van der Waals surface area contributed by atoms with E-state index in [1.807, 2.05) is 13.0 Å². The van der Waals surface area contributed by atoms with Gasteiger partial charge in [-0.1, -0.05) is 15.9 Å². The Balaban J connectivity index is 3.04. The summed E-state index contributed by atoms with van der Waals surface area (Å²) in [6.07, 6.45) is 0. The molecule has 0 saturated carbocycles. The number of aryl methyl sites for hydroxylation is 1. The van der Waals surface area contributed by atoms with Gasteiger partial charge in [0.1, 0.15) is 0 Å². The molecule has 4 nitrogen and oxygen atoms in total. The Morgan fingerprint density at radius 2 is 2.07 bits per heavy atom. The number of nitrogens with two attached hydrogens (primary N) is 1. The predicted molar refractivity (Wildman–Crippen MR) is 63.1 cm³/mol. The van der Waals surface area contributed by atoms with Gasteiger partial charge in [0.25, 0.3) is 0 Å².